The summed E-state index contributed by atoms with van der Waals surface area (Å²) in [7, 11) is 0. The standard InChI is InChI=1S/C17H25NS/c1-5-7-14-15-9-12(3)13(4)10-16(15)19-17(14)11-18-8-6-2/h9-10,18H,5-8,11H2,1-4H3. The molecular formula is C17H25NS. The maximum atomic E-state index is 3.55. The van der Waals surface area contributed by atoms with Crippen LogP contribution < -0.4 is 5.32 Å². The predicted molar refractivity (Wildman–Crippen MR) is 87.3 cm³/mol. The SMILES string of the molecule is CCCNCc1sc2cc(C)c(C)cc2c1CCC. The van der Waals surface area contributed by atoms with Crippen LogP contribution in [0.3, 0.4) is 0 Å². The second-order valence-electron chi connectivity index (χ2n) is 5.36. The second kappa shape index (κ2) is 6.53. The maximum Gasteiger partial charge on any atom is 0.0351 e. The molecule has 0 aliphatic heterocycles. The van der Waals surface area contributed by atoms with Gasteiger partial charge in [0.05, 0.1) is 0 Å². The molecule has 0 fully saturated rings. The fraction of sp³-hybridized carbons (Fsp3) is 0.529. The van der Waals surface area contributed by atoms with Crippen molar-refractivity contribution in [1.82, 2.24) is 5.32 Å². The topological polar surface area (TPSA) is 12.0 Å². The molecule has 2 rings (SSSR count). The zero-order valence-electron chi connectivity index (χ0n) is 12.6. The fourth-order valence-corrected chi connectivity index (χ4v) is 3.80. The molecule has 1 heterocycles. The van der Waals surface area contributed by atoms with Crippen molar-refractivity contribution in [3.8, 4) is 0 Å². The first-order chi connectivity index (χ1) is 9.17. The van der Waals surface area contributed by atoms with Gasteiger partial charge in [0.1, 0.15) is 0 Å². The van der Waals surface area contributed by atoms with E-state index in [1.165, 1.54) is 45.4 Å². The molecule has 0 saturated carbocycles. The van der Waals surface area contributed by atoms with Crippen molar-refractivity contribution in [2.24, 2.45) is 0 Å². The molecule has 104 valence electrons. The summed E-state index contributed by atoms with van der Waals surface area (Å²) in [5, 5.41) is 5.04. The van der Waals surface area contributed by atoms with E-state index in [9.17, 15) is 0 Å². The lowest BCUT2D eigenvalue weighted by Gasteiger charge is -2.05. The van der Waals surface area contributed by atoms with Crippen molar-refractivity contribution >= 4 is 21.4 Å². The molecular weight excluding hydrogens is 250 g/mol. The van der Waals surface area contributed by atoms with Gasteiger partial charge in [-0.25, -0.2) is 0 Å². The highest BCUT2D eigenvalue weighted by Crippen LogP contribution is 2.34. The van der Waals surface area contributed by atoms with Gasteiger partial charge in [0.2, 0.25) is 0 Å². The Morgan fingerprint density at radius 3 is 2.47 bits per heavy atom. The van der Waals surface area contributed by atoms with Crippen LogP contribution in [0.15, 0.2) is 12.1 Å². The van der Waals surface area contributed by atoms with Crippen molar-refractivity contribution in [3.63, 3.8) is 0 Å². The van der Waals surface area contributed by atoms with E-state index in [0.29, 0.717) is 0 Å². The summed E-state index contributed by atoms with van der Waals surface area (Å²) in [6.45, 7) is 11.1. The van der Waals surface area contributed by atoms with Crippen molar-refractivity contribution in [3.05, 3.63) is 33.7 Å². The molecule has 1 nitrogen and oxygen atoms in total. The van der Waals surface area contributed by atoms with E-state index >= 15 is 0 Å². The molecule has 0 saturated heterocycles. The molecule has 2 heteroatoms. The average Bonchev–Trinajstić information content (AvgIpc) is 2.69. The Balaban J connectivity index is 2.41. The molecule has 0 aliphatic rings. The summed E-state index contributed by atoms with van der Waals surface area (Å²) in [4.78, 5) is 1.54. The number of thiophene rings is 1. The van der Waals surface area contributed by atoms with Gasteiger partial charge in [-0.05, 0) is 61.4 Å². The smallest absolute Gasteiger partial charge is 0.0351 e. The highest BCUT2D eigenvalue weighted by molar-refractivity contribution is 7.19. The monoisotopic (exact) mass is 275 g/mol. The van der Waals surface area contributed by atoms with Crippen LogP contribution in [0, 0.1) is 13.8 Å². The summed E-state index contributed by atoms with van der Waals surface area (Å²) in [6.07, 6.45) is 3.62. The molecule has 19 heavy (non-hydrogen) atoms. The van der Waals surface area contributed by atoms with E-state index in [0.717, 1.165) is 13.1 Å². The van der Waals surface area contributed by atoms with Gasteiger partial charge in [-0.1, -0.05) is 26.3 Å². The van der Waals surface area contributed by atoms with E-state index in [-0.39, 0.29) is 0 Å². The van der Waals surface area contributed by atoms with Crippen molar-refractivity contribution < 1.29 is 0 Å². The number of fused-ring (bicyclic) bond motifs is 1. The average molecular weight is 275 g/mol. The first-order valence-electron chi connectivity index (χ1n) is 7.39. The highest BCUT2D eigenvalue weighted by atomic mass is 32.1. The van der Waals surface area contributed by atoms with Gasteiger partial charge in [0.15, 0.2) is 0 Å². The summed E-state index contributed by atoms with van der Waals surface area (Å²) in [5.41, 5.74) is 4.40. The Labute approximate surface area is 121 Å². The lowest BCUT2D eigenvalue weighted by atomic mass is 10.0. The Kier molecular flexibility index (Phi) is 5.00. The third-order valence-corrected chi connectivity index (χ3v) is 4.90. The van der Waals surface area contributed by atoms with Gasteiger partial charge in [-0.2, -0.15) is 0 Å². The number of hydrogen-bond donors (Lipinski definition) is 1. The Hall–Kier alpha value is -0.860. The molecule has 0 radical (unpaired) electrons. The minimum absolute atomic E-state index is 1.03. The lowest BCUT2D eigenvalue weighted by molar-refractivity contribution is 0.677. The first kappa shape index (κ1) is 14.5. The van der Waals surface area contributed by atoms with E-state index < -0.39 is 0 Å². The number of rotatable bonds is 6. The Morgan fingerprint density at radius 1 is 1.05 bits per heavy atom. The quantitative estimate of drug-likeness (QED) is 0.734. The molecule has 1 aromatic heterocycles. The van der Waals surface area contributed by atoms with Crippen LogP contribution in [0.25, 0.3) is 10.1 Å². The lowest BCUT2D eigenvalue weighted by Crippen LogP contribution is -2.13. The Bertz CT molecular complexity index is 554. The van der Waals surface area contributed by atoms with Crippen LogP contribution in [-0.2, 0) is 13.0 Å². The summed E-state index contributed by atoms with van der Waals surface area (Å²) in [5.74, 6) is 0. The van der Waals surface area contributed by atoms with Crippen molar-refractivity contribution in [1.29, 1.82) is 0 Å². The third kappa shape index (κ3) is 3.18. The molecule has 0 bridgehead atoms. The van der Waals surface area contributed by atoms with E-state index in [4.69, 9.17) is 0 Å². The predicted octanol–water partition coefficient (Wildman–Crippen LogP) is 4.97. The zero-order chi connectivity index (χ0) is 13.8. The fourth-order valence-electron chi connectivity index (χ4n) is 2.50. The minimum Gasteiger partial charge on any atom is -0.312 e. The van der Waals surface area contributed by atoms with Crippen molar-refractivity contribution in [2.75, 3.05) is 6.54 Å². The van der Waals surface area contributed by atoms with Crippen LogP contribution >= 0.6 is 11.3 Å². The molecule has 0 unspecified atom stereocenters. The Morgan fingerprint density at radius 2 is 1.79 bits per heavy atom. The van der Waals surface area contributed by atoms with Gasteiger partial charge in [0, 0.05) is 16.1 Å². The summed E-state index contributed by atoms with van der Waals surface area (Å²) < 4.78 is 1.46. The van der Waals surface area contributed by atoms with Crippen LogP contribution in [0.2, 0.25) is 0 Å². The van der Waals surface area contributed by atoms with Gasteiger partial charge < -0.3 is 5.32 Å². The number of nitrogens with one attached hydrogen (secondary N) is 1. The van der Waals surface area contributed by atoms with Gasteiger partial charge in [0.25, 0.3) is 0 Å². The first-order valence-corrected chi connectivity index (χ1v) is 8.21. The molecule has 0 amide bonds. The molecule has 0 spiro atoms. The third-order valence-electron chi connectivity index (χ3n) is 3.70. The van der Waals surface area contributed by atoms with E-state index in [1.54, 1.807) is 5.56 Å². The molecule has 1 N–H and O–H groups in total. The maximum absolute atomic E-state index is 3.55. The highest BCUT2D eigenvalue weighted by Gasteiger charge is 2.12. The molecule has 0 aliphatic carbocycles. The van der Waals surface area contributed by atoms with Crippen molar-refractivity contribution in [2.45, 2.75) is 53.5 Å². The van der Waals surface area contributed by atoms with Gasteiger partial charge in [-0.15, -0.1) is 11.3 Å². The van der Waals surface area contributed by atoms with Gasteiger partial charge in [-0.3, -0.25) is 0 Å². The van der Waals surface area contributed by atoms with Crippen LogP contribution in [0.1, 0.15) is 48.3 Å². The largest absolute Gasteiger partial charge is 0.312 e. The number of benzene rings is 1. The van der Waals surface area contributed by atoms with Crippen LogP contribution in [0.4, 0.5) is 0 Å². The van der Waals surface area contributed by atoms with Gasteiger partial charge >= 0.3 is 0 Å². The van der Waals surface area contributed by atoms with Crippen LogP contribution in [0.5, 0.6) is 0 Å². The van der Waals surface area contributed by atoms with Crippen LogP contribution in [-0.4, -0.2) is 6.54 Å². The van der Waals surface area contributed by atoms with E-state index in [1.807, 2.05) is 11.3 Å². The second-order valence-corrected chi connectivity index (χ2v) is 6.50. The number of hydrogen-bond acceptors (Lipinski definition) is 2. The number of aryl methyl sites for hydroxylation is 3. The molecule has 1 aromatic carbocycles. The summed E-state index contributed by atoms with van der Waals surface area (Å²) in [6, 6.07) is 4.74. The zero-order valence-corrected chi connectivity index (χ0v) is 13.4. The normalized spacial score (nSPS) is 11.4. The molecule has 2 aromatic rings. The van der Waals surface area contributed by atoms with E-state index in [2.05, 4.69) is 45.1 Å². The summed E-state index contributed by atoms with van der Waals surface area (Å²) >= 11 is 1.97. The minimum atomic E-state index is 1.03. The molecule has 0 atom stereocenters.